The van der Waals surface area contributed by atoms with Crippen molar-refractivity contribution in [2.75, 3.05) is 11.5 Å². The minimum Gasteiger partial charge on any atom is -0.368 e. The molecule has 0 fully saturated rings. The highest BCUT2D eigenvalue weighted by molar-refractivity contribution is 5.48. The highest BCUT2D eigenvalue weighted by Crippen LogP contribution is 2.12. The van der Waals surface area contributed by atoms with Gasteiger partial charge in [-0.05, 0) is 22.3 Å². The maximum atomic E-state index is 6.06. The van der Waals surface area contributed by atoms with Crippen LogP contribution in [0.25, 0.3) is 12.2 Å². The first-order valence-electron chi connectivity index (χ1n) is 10.3. The van der Waals surface area contributed by atoms with Gasteiger partial charge in [0.15, 0.2) is 11.6 Å². The van der Waals surface area contributed by atoms with Crippen molar-refractivity contribution in [3.8, 4) is 0 Å². The lowest BCUT2D eigenvalue weighted by Gasteiger charge is -2.03. The van der Waals surface area contributed by atoms with Crippen LogP contribution in [0.15, 0.2) is 61.7 Å². The molecule has 0 spiro atoms. The van der Waals surface area contributed by atoms with Gasteiger partial charge < -0.3 is 11.5 Å². The zero-order valence-electron chi connectivity index (χ0n) is 17.9. The summed E-state index contributed by atoms with van der Waals surface area (Å²) in [5.74, 6) is 2.07. The number of anilines is 2. The zero-order chi connectivity index (χ0) is 22.5. The Balaban J connectivity index is 1.38. The van der Waals surface area contributed by atoms with Crippen LogP contribution in [0.2, 0.25) is 0 Å². The van der Waals surface area contributed by atoms with Gasteiger partial charge in [-0.1, -0.05) is 73.8 Å². The van der Waals surface area contributed by atoms with E-state index in [4.69, 9.17) is 11.5 Å². The summed E-state index contributed by atoms with van der Waals surface area (Å²) in [5, 5.41) is 9.07. The monoisotopic (exact) mass is 426 g/mol. The Labute approximate surface area is 186 Å². The maximum Gasteiger partial charge on any atom is 0.219 e. The van der Waals surface area contributed by atoms with Gasteiger partial charge in [0, 0.05) is 12.8 Å². The second-order valence-electron chi connectivity index (χ2n) is 7.48. The highest BCUT2D eigenvalue weighted by atomic mass is 15.4. The number of rotatable bonds is 9. The molecule has 0 saturated heterocycles. The fourth-order valence-corrected chi connectivity index (χ4v) is 3.34. The smallest absolute Gasteiger partial charge is 0.219 e. The SMILES string of the molecule is C=Cc1ccc(Cn2nc(CCc3nc(N)n(Cc4ccc(C=C)cc4)n3)nc2N)cc1. The molecule has 162 valence electrons. The Bertz CT molecular complexity index is 1120. The van der Waals surface area contributed by atoms with E-state index in [1.165, 1.54) is 0 Å². The molecule has 2 aromatic heterocycles. The Hall–Kier alpha value is -4.20. The third kappa shape index (κ3) is 4.92. The molecule has 0 radical (unpaired) electrons. The summed E-state index contributed by atoms with van der Waals surface area (Å²) in [6, 6.07) is 16.2. The predicted octanol–water partition coefficient (Wildman–Crippen LogP) is 3.20. The lowest BCUT2D eigenvalue weighted by atomic mass is 10.1. The minimum absolute atomic E-state index is 0.383. The van der Waals surface area contributed by atoms with Gasteiger partial charge in [0.05, 0.1) is 13.1 Å². The third-order valence-electron chi connectivity index (χ3n) is 5.16. The van der Waals surface area contributed by atoms with Crippen LogP contribution in [0, 0.1) is 0 Å². The molecule has 0 saturated carbocycles. The first kappa shape index (κ1) is 21.0. The van der Waals surface area contributed by atoms with Crippen LogP contribution in [0.1, 0.15) is 33.9 Å². The van der Waals surface area contributed by atoms with E-state index in [9.17, 15) is 0 Å². The van der Waals surface area contributed by atoms with E-state index >= 15 is 0 Å². The summed E-state index contributed by atoms with van der Waals surface area (Å²) < 4.78 is 3.40. The molecule has 0 aliphatic rings. The summed E-state index contributed by atoms with van der Waals surface area (Å²) in [7, 11) is 0. The maximum absolute atomic E-state index is 6.06. The molecule has 4 rings (SSSR count). The number of hydrogen-bond donors (Lipinski definition) is 2. The van der Waals surface area contributed by atoms with Crippen molar-refractivity contribution in [2.45, 2.75) is 25.9 Å². The Kier molecular flexibility index (Phi) is 6.12. The van der Waals surface area contributed by atoms with Crippen LogP contribution in [0.3, 0.4) is 0 Å². The molecule has 32 heavy (non-hydrogen) atoms. The van der Waals surface area contributed by atoms with E-state index in [0.29, 0.717) is 49.5 Å². The number of benzene rings is 2. The highest BCUT2D eigenvalue weighted by Gasteiger charge is 2.12. The standard InChI is InChI=1S/C24H26N8/c1-3-17-5-9-19(10-6-17)15-31-23(25)27-21(29-31)13-14-22-28-24(26)32(30-22)16-20-11-7-18(4-2)8-12-20/h3-12H,1-2,13-16H2,(H2,25,27,29)(H2,26,28,30). The molecule has 0 bridgehead atoms. The van der Waals surface area contributed by atoms with Gasteiger partial charge in [0.2, 0.25) is 11.9 Å². The summed E-state index contributed by atoms with van der Waals surface area (Å²) >= 11 is 0. The van der Waals surface area contributed by atoms with E-state index in [0.717, 1.165) is 22.3 Å². The first-order valence-corrected chi connectivity index (χ1v) is 10.3. The van der Waals surface area contributed by atoms with Gasteiger partial charge in [0.25, 0.3) is 0 Å². The number of nitrogens with zero attached hydrogens (tertiary/aromatic N) is 6. The molecule has 2 heterocycles. The lowest BCUT2D eigenvalue weighted by Crippen LogP contribution is -2.07. The number of aromatic nitrogens is 6. The summed E-state index contributed by atoms with van der Waals surface area (Å²) in [5.41, 5.74) is 16.4. The van der Waals surface area contributed by atoms with Gasteiger partial charge in [-0.3, -0.25) is 0 Å². The molecule has 8 nitrogen and oxygen atoms in total. The molecule has 2 aromatic carbocycles. The van der Waals surface area contributed by atoms with Crippen LogP contribution in [-0.2, 0) is 25.9 Å². The second-order valence-corrected chi connectivity index (χ2v) is 7.48. The first-order chi connectivity index (χ1) is 15.5. The molecule has 0 aliphatic carbocycles. The molecular weight excluding hydrogens is 400 g/mol. The molecule has 8 heteroatoms. The average molecular weight is 427 g/mol. The van der Waals surface area contributed by atoms with E-state index in [1.54, 1.807) is 9.36 Å². The zero-order valence-corrected chi connectivity index (χ0v) is 17.9. The van der Waals surface area contributed by atoms with E-state index in [1.807, 2.05) is 60.7 Å². The van der Waals surface area contributed by atoms with Crippen LogP contribution >= 0.6 is 0 Å². The van der Waals surface area contributed by atoms with E-state index in [-0.39, 0.29) is 0 Å². The van der Waals surface area contributed by atoms with Crippen molar-refractivity contribution in [3.63, 3.8) is 0 Å². The van der Waals surface area contributed by atoms with Gasteiger partial charge >= 0.3 is 0 Å². The van der Waals surface area contributed by atoms with Crippen molar-refractivity contribution in [1.29, 1.82) is 0 Å². The molecular formula is C24H26N8. The van der Waals surface area contributed by atoms with Crippen LogP contribution in [-0.4, -0.2) is 29.5 Å². The Morgan fingerprint density at radius 3 is 1.38 bits per heavy atom. The molecule has 4 N–H and O–H groups in total. The average Bonchev–Trinajstić information content (AvgIpc) is 3.34. The van der Waals surface area contributed by atoms with Gasteiger partial charge in [-0.15, -0.1) is 0 Å². The molecule has 4 aromatic rings. The quantitative estimate of drug-likeness (QED) is 0.425. The fraction of sp³-hybridized carbons (Fsp3) is 0.167. The summed E-state index contributed by atoms with van der Waals surface area (Å²) in [6.07, 6.45) is 4.77. The normalized spacial score (nSPS) is 10.9. The van der Waals surface area contributed by atoms with Crippen molar-refractivity contribution in [2.24, 2.45) is 0 Å². The Morgan fingerprint density at radius 1 is 0.656 bits per heavy atom. The van der Waals surface area contributed by atoms with Crippen molar-refractivity contribution in [3.05, 3.63) is 95.6 Å². The van der Waals surface area contributed by atoms with Gasteiger partial charge in [0.1, 0.15) is 0 Å². The summed E-state index contributed by atoms with van der Waals surface area (Å²) in [6.45, 7) is 8.65. The van der Waals surface area contributed by atoms with Crippen molar-refractivity contribution >= 4 is 24.0 Å². The number of nitrogen functional groups attached to an aromatic ring is 2. The minimum atomic E-state index is 0.383. The third-order valence-corrected chi connectivity index (χ3v) is 5.16. The number of aryl methyl sites for hydroxylation is 2. The van der Waals surface area contributed by atoms with E-state index in [2.05, 4.69) is 33.3 Å². The van der Waals surface area contributed by atoms with Crippen molar-refractivity contribution in [1.82, 2.24) is 29.5 Å². The largest absolute Gasteiger partial charge is 0.368 e. The topological polar surface area (TPSA) is 113 Å². The van der Waals surface area contributed by atoms with Crippen LogP contribution < -0.4 is 11.5 Å². The number of hydrogen-bond acceptors (Lipinski definition) is 6. The van der Waals surface area contributed by atoms with Gasteiger partial charge in [-0.25, -0.2) is 9.36 Å². The van der Waals surface area contributed by atoms with Crippen LogP contribution in [0.5, 0.6) is 0 Å². The lowest BCUT2D eigenvalue weighted by molar-refractivity contribution is 0.663. The molecule has 0 amide bonds. The molecule has 0 aliphatic heterocycles. The second kappa shape index (κ2) is 9.30. The van der Waals surface area contributed by atoms with Crippen LogP contribution in [0.4, 0.5) is 11.9 Å². The van der Waals surface area contributed by atoms with Crippen molar-refractivity contribution < 1.29 is 0 Å². The number of nitrogens with two attached hydrogens (primary N) is 2. The Morgan fingerprint density at radius 2 is 1.03 bits per heavy atom. The fourth-order valence-electron chi connectivity index (χ4n) is 3.34. The molecule has 0 unspecified atom stereocenters. The molecule has 0 atom stereocenters. The predicted molar refractivity (Wildman–Crippen MR) is 128 cm³/mol. The summed E-state index contributed by atoms with van der Waals surface area (Å²) in [4.78, 5) is 8.76. The van der Waals surface area contributed by atoms with Gasteiger partial charge in [-0.2, -0.15) is 20.2 Å². The van der Waals surface area contributed by atoms with E-state index < -0.39 is 0 Å².